The van der Waals surface area contributed by atoms with Crippen LogP contribution in [0, 0.1) is 5.92 Å². The lowest BCUT2D eigenvalue weighted by Crippen LogP contribution is -2.38. The van der Waals surface area contributed by atoms with Crippen LogP contribution in [-0.4, -0.2) is 52.2 Å². The third kappa shape index (κ3) is 7.50. The number of nitrogens with zero attached hydrogens (tertiary/aromatic N) is 4. The highest BCUT2D eigenvalue weighted by atomic mass is 16.5. The molecule has 2 aromatic carbocycles. The zero-order valence-electron chi connectivity index (χ0n) is 23.7. The molecule has 41 heavy (non-hydrogen) atoms. The summed E-state index contributed by atoms with van der Waals surface area (Å²) < 4.78 is 7.83. The summed E-state index contributed by atoms with van der Waals surface area (Å²) in [7, 11) is 0. The lowest BCUT2D eigenvalue weighted by Gasteiger charge is -2.32. The van der Waals surface area contributed by atoms with Crippen molar-refractivity contribution in [2.24, 2.45) is 5.92 Å². The largest absolute Gasteiger partial charge is 0.493 e. The number of ether oxygens (including phenoxy) is 1. The summed E-state index contributed by atoms with van der Waals surface area (Å²) in [5, 5.41) is 5.37. The third-order valence-electron chi connectivity index (χ3n) is 7.75. The molecular weight excluding hydrogens is 510 g/mol. The summed E-state index contributed by atoms with van der Waals surface area (Å²) in [5.41, 5.74) is 3.83. The first-order valence-electron chi connectivity index (χ1n) is 14.5. The van der Waals surface area contributed by atoms with Gasteiger partial charge in [-0.1, -0.05) is 55.2 Å². The van der Waals surface area contributed by atoms with Crippen LogP contribution in [0.5, 0.6) is 5.75 Å². The van der Waals surface area contributed by atoms with E-state index in [2.05, 4.69) is 45.5 Å². The van der Waals surface area contributed by atoms with E-state index in [1.807, 2.05) is 54.7 Å². The van der Waals surface area contributed by atoms with Crippen LogP contribution in [0.2, 0.25) is 0 Å². The Morgan fingerprint density at radius 2 is 1.90 bits per heavy atom. The van der Waals surface area contributed by atoms with Gasteiger partial charge < -0.3 is 15.0 Å². The maximum absolute atomic E-state index is 13.0. The number of likely N-dealkylation sites (tertiary alicyclic amines) is 1. The number of benzene rings is 2. The molecule has 4 aromatic rings. The highest BCUT2D eigenvalue weighted by Gasteiger charge is 2.19. The van der Waals surface area contributed by atoms with Crippen LogP contribution in [0.4, 0.5) is 5.69 Å². The maximum Gasteiger partial charge on any atom is 0.261 e. The molecule has 0 bridgehead atoms. The number of aryl methyl sites for hydroxylation is 1. The monoisotopic (exact) mass is 549 g/mol. The molecule has 212 valence electrons. The molecule has 1 aliphatic heterocycles. The highest BCUT2D eigenvalue weighted by molar-refractivity contribution is 5.90. The molecule has 7 nitrogen and oxygen atoms in total. The molecule has 0 spiro atoms. The normalized spacial score (nSPS) is 14.5. The van der Waals surface area contributed by atoms with E-state index in [1.165, 1.54) is 0 Å². The number of para-hydroxylation sites is 1. The van der Waals surface area contributed by atoms with Crippen LogP contribution in [0.3, 0.4) is 0 Å². The van der Waals surface area contributed by atoms with Crippen molar-refractivity contribution in [1.82, 2.24) is 19.4 Å². The van der Waals surface area contributed by atoms with Crippen LogP contribution >= 0.6 is 0 Å². The molecule has 2 aromatic heterocycles. The van der Waals surface area contributed by atoms with E-state index in [1.54, 1.807) is 17.0 Å². The number of hydrogen-bond donors (Lipinski definition) is 1. The molecular formula is C34H39N5O2. The molecule has 0 atom stereocenters. The second kappa shape index (κ2) is 13.9. The summed E-state index contributed by atoms with van der Waals surface area (Å²) in [6.45, 7) is 13.1. The zero-order valence-corrected chi connectivity index (χ0v) is 23.7. The van der Waals surface area contributed by atoms with Gasteiger partial charge in [0.25, 0.3) is 5.56 Å². The van der Waals surface area contributed by atoms with E-state index in [0.717, 1.165) is 79.8 Å². The molecule has 1 aliphatic rings. The number of piperidine rings is 1. The summed E-state index contributed by atoms with van der Waals surface area (Å²) in [5.74, 6) is 1.29. The Morgan fingerprint density at radius 1 is 1.05 bits per heavy atom. The van der Waals surface area contributed by atoms with E-state index in [9.17, 15) is 4.79 Å². The van der Waals surface area contributed by atoms with Crippen molar-refractivity contribution in [3.63, 3.8) is 0 Å². The first-order valence-corrected chi connectivity index (χ1v) is 14.5. The van der Waals surface area contributed by atoms with Crippen molar-refractivity contribution in [2.75, 3.05) is 38.1 Å². The fourth-order valence-electron chi connectivity index (χ4n) is 5.34. The fourth-order valence-corrected chi connectivity index (χ4v) is 5.34. The number of nitrogens with one attached hydrogen (secondary N) is 1. The van der Waals surface area contributed by atoms with Gasteiger partial charge in [-0.15, -0.1) is 0 Å². The van der Waals surface area contributed by atoms with E-state index in [-0.39, 0.29) is 5.56 Å². The minimum absolute atomic E-state index is 0.0206. The third-order valence-corrected chi connectivity index (χ3v) is 7.75. The molecule has 0 aliphatic carbocycles. The molecule has 5 rings (SSSR count). The Balaban J connectivity index is 1.05. The lowest BCUT2D eigenvalue weighted by molar-refractivity contribution is 0.145. The average molecular weight is 550 g/mol. The maximum atomic E-state index is 13.0. The molecule has 0 unspecified atom stereocenters. The minimum Gasteiger partial charge on any atom is -0.493 e. The number of rotatable bonds is 13. The Morgan fingerprint density at radius 3 is 2.76 bits per heavy atom. The second-order valence-corrected chi connectivity index (χ2v) is 10.7. The van der Waals surface area contributed by atoms with Crippen LogP contribution in [0.15, 0.2) is 103 Å². The molecule has 3 heterocycles. The summed E-state index contributed by atoms with van der Waals surface area (Å²) >= 11 is 0. The van der Waals surface area contributed by atoms with Crippen molar-refractivity contribution >= 4 is 27.5 Å². The van der Waals surface area contributed by atoms with Crippen molar-refractivity contribution in [2.45, 2.75) is 32.2 Å². The first kappa shape index (κ1) is 28.3. The smallest absolute Gasteiger partial charge is 0.261 e. The number of aromatic nitrogens is 3. The quantitative estimate of drug-likeness (QED) is 0.200. The van der Waals surface area contributed by atoms with Crippen molar-refractivity contribution < 1.29 is 4.74 Å². The van der Waals surface area contributed by atoms with Gasteiger partial charge in [-0.3, -0.25) is 14.3 Å². The number of anilines is 1. The van der Waals surface area contributed by atoms with Gasteiger partial charge in [-0.05, 0) is 69.0 Å². The van der Waals surface area contributed by atoms with Gasteiger partial charge in [-0.2, -0.15) is 0 Å². The average Bonchev–Trinajstić information content (AvgIpc) is 3.01. The standard InChI is InChI=1S/C34H39N5O2/c1-3-4-8-26(2)9-7-19-39-25-37-33-23-28(12-13-30(33)34(39)40)41-24-27-15-20-38(21-16-27)22-18-36-32-14-17-35-31-11-6-5-10-29(31)32/h3-6,8,10-14,17,23,25,27H,1-2,7,9,15-16,18-22,24H2,(H,35,36)/b8-4-. The molecule has 1 saturated heterocycles. The van der Waals surface area contributed by atoms with Gasteiger partial charge in [0, 0.05) is 43.0 Å². The van der Waals surface area contributed by atoms with Gasteiger partial charge in [-0.25, -0.2) is 4.98 Å². The Bertz CT molecular complexity index is 1580. The second-order valence-electron chi connectivity index (χ2n) is 10.7. The van der Waals surface area contributed by atoms with E-state index in [4.69, 9.17) is 4.74 Å². The molecule has 0 saturated carbocycles. The zero-order chi connectivity index (χ0) is 28.4. The van der Waals surface area contributed by atoms with Crippen LogP contribution in [-0.2, 0) is 6.54 Å². The molecule has 0 amide bonds. The predicted octanol–water partition coefficient (Wildman–Crippen LogP) is 6.23. The van der Waals surface area contributed by atoms with Gasteiger partial charge in [0.05, 0.1) is 29.4 Å². The summed E-state index contributed by atoms with van der Waals surface area (Å²) in [4.78, 5) is 24.5. The van der Waals surface area contributed by atoms with Crippen LogP contribution in [0.1, 0.15) is 25.7 Å². The van der Waals surface area contributed by atoms with Gasteiger partial charge in [0.15, 0.2) is 0 Å². The van der Waals surface area contributed by atoms with E-state index in [0.29, 0.717) is 30.0 Å². The van der Waals surface area contributed by atoms with Crippen molar-refractivity contribution in [3.05, 3.63) is 108 Å². The van der Waals surface area contributed by atoms with Crippen LogP contribution in [0.25, 0.3) is 21.8 Å². The van der Waals surface area contributed by atoms with E-state index < -0.39 is 0 Å². The first-order chi connectivity index (χ1) is 20.1. The number of pyridine rings is 1. The SMILES string of the molecule is C=C/C=C\C(=C)CCCn1cnc2cc(OCC3CCN(CCNc4ccnc5ccccc45)CC3)ccc2c1=O. The van der Waals surface area contributed by atoms with Crippen molar-refractivity contribution in [3.8, 4) is 5.75 Å². The Kier molecular flexibility index (Phi) is 9.60. The van der Waals surface area contributed by atoms with Gasteiger partial charge in [0.2, 0.25) is 0 Å². The Hall–Kier alpha value is -4.23. The van der Waals surface area contributed by atoms with Gasteiger partial charge >= 0.3 is 0 Å². The fraction of sp³-hybridized carbons (Fsp3) is 0.324. The number of fused-ring (bicyclic) bond motifs is 2. The lowest BCUT2D eigenvalue weighted by atomic mass is 9.98. The topological polar surface area (TPSA) is 72.3 Å². The molecule has 0 radical (unpaired) electrons. The summed E-state index contributed by atoms with van der Waals surface area (Å²) in [6.07, 6.45) is 12.9. The molecule has 1 N–H and O–H groups in total. The van der Waals surface area contributed by atoms with Crippen LogP contribution < -0.4 is 15.6 Å². The molecule has 7 heteroatoms. The Labute approximate surface area is 241 Å². The molecule has 1 fully saturated rings. The van der Waals surface area contributed by atoms with E-state index >= 15 is 0 Å². The minimum atomic E-state index is -0.0206. The summed E-state index contributed by atoms with van der Waals surface area (Å²) in [6, 6.07) is 15.9. The predicted molar refractivity (Wildman–Crippen MR) is 169 cm³/mol. The number of hydrogen-bond acceptors (Lipinski definition) is 6. The highest BCUT2D eigenvalue weighted by Crippen LogP contribution is 2.23. The van der Waals surface area contributed by atoms with Gasteiger partial charge in [0.1, 0.15) is 5.75 Å². The van der Waals surface area contributed by atoms with Crippen molar-refractivity contribution in [1.29, 1.82) is 0 Å². The number of allylic oxidation sites excluding steroid dienone is 4.